The standard InChI is InChI=1S/C15H18N2O3/c1-12-4-3-9-16(11-12)15(18)8-7-13-5-2-6-14(10-13)17(19)20/h2,5-8,10,12H,3-4,9,11H2,1H3/b8-7+. The summed E-state index contributed by atoms with van der Waals surface area (Å²) in [6.07, 6.45) is 5.33. The van der Waals surface area contributed by atoms with Crippen LogP contribution in [0.2, 0.25) is 0 Å². The molecule has 1 amide bonds. The fourth-order valence-electron chi connectivity index (χ4n) is 2.40. The number of benzene rings is 1. The second-order valence-electron chi connectivity index (χ2n) is 5.22. The quantitative estimate of drug-likeness (QED) is 0.483. The third kappa shape index (κ3) is 3.66. The molecule has 0 bridgehead atoms. The van der Waals surface area contributed by atoms with Crippen LogP contribution in [0.3, 0.4) is 0 Å². The molecule has 2 rings (SSSR count). The zero-order valence-electron chi connectivity index (χ0n) is 11.5. The summed E-state index contributed by atoms with van der Waals surface area (Å²) in [5, 5.41) is 10.7. The van der Waals surface area contributed by atoms with Crippen molar-refractivity contribution in [1.82, 2.24) is 4.90 Å². The van der Waals surface area contributed by atoms with E-state index in [1.807, 2.05) is 4.90 Å². The molecule has 0 saturated carbocycles. The summed E-state index contributed by atoms with van der Waals surface area (Å²) < 4.78 is 0. The van der Waals surface area contributed by atoms with E-state index in [0.717, 1.165) is 19.5 Å². The Balaban J connectivity index is 2.03. The van der Waals surface area contributed by atoms with Crippen molar-refractivity contribution in [2.75, 3.05) is 13.1 Å². The van der Waals surface area contributed by atoms with Gasteiger partial charge in [0.25, 0.3) is 5.69 Å². The van der Waals surface area contributed by atoms with Crippen LogP contribution in [0.4, 0.5) is 5.69 Å². The van der Waals surface area contributed by atoms with E-state index in [4.69, 9.17) is 0 Å². The molecule has 0 N–H and O–H groups in total. The second-order valence-corrected chi connectivity index (χ2v) is 5.22. The first-order valence-corrected chi connectivity index (χ1v) is 6.77. The number of carbonyl (C=O) groups excluding carboxylic acids is 1. The highest BCUT2D eigenvalue weighted by Crippen LogP contribution is 2.17. The first-order chi connectivity index (χ1) is 9.56. The zero-order chi connectivity index (χ0) is 14.5. The van der Waals surface area contributed by atoms with Crippen molar-refractivity contribution in [2.45, 2.75) is 19.8 Å². The lowest BCUT2D eigenvalue weighted by atomic mass is 10.0. The molecular weight excluding hydrogens is 256 g/mol. The van der Waals surface area contributed by atoms with E-state index in [1.165, 1.54) is 24.6 Å². The summed E-state index contributed by atoms with van der Waals surface area (Å²) in [5.74, 6) is 0.516. The highest BCUT2D eigenvalue weighted by molar-refractivity contribution is 5.91. The minimum Gasteiger partial charge on any atom is -0.339 e. The maximum atomic E-state index is 12.0. The maximum absolute atomic E-state index is 12.0. The molecule has 1 fully saturated rings. The minimum atomic E-state index is -0.439. The molecule has 20 heavy (non-hydrogen) atoms. The highest BCUT2D eigenvalue weighted by Gasteiger charge is 2.18. The average Bonchev–Trinajstić information content (AvgIpc) is 2.45. The van der Waals surface area contributed by atoms with Gasteiger partial charge in [0.05, 0.1) is 4.92 Å². The number of likely N-dealkylation sites (tertiary alicyclic amines) is 1. The second kappa shape index (κ2) is 6.32. The van der Waals surface area contributed by atoms with E-state index in [9.17, 15) is 14.9 Å². The molecule has 5 nitrogen and oxygen atoms in total. The van der Waals surface area contributed by atoms with Gasteiger partial charge in [-0.05, 0) is 30.4 Å². The first-order valence-electron chi connectivity index (χ1n) is 6.77. The molecule has 1 aliphatic heterocycles. The molecule has 1 heterocycles. The predicted molar refractivity (Wildman–Crippen MR) is 77.1 cm³/mol. The van der Waals surface area contributed by atoms with Gasteiger partial charge in [0.2, 0.25) is 5.91 Å². The lowest BCUT2D eigenvalue weighted by molar-refractivity contribution is -0.384. The molecule has 0 aliphatic carbocycles. The van der Waals surface area contributed by atoms with Gasteiger partial charge in [-0.25, -0.2) is 0 Å². The van der Waals surface area contributed by atoms with E-state index in [1.54, 1.807) is 18.2 Å². The molecule has 1 unspecified atom stereocenters. The molecule has 0 spiro atoms. The summed E-state index contributed by atoms with van der Waals surface area (Å²) >= 11 is 0. The summed E-state index contributed by atoms with van der Waals surface area (Å²) in [7, 11) is 0. The van der Waals surface area contributed by atoms with E-state index in [-0.39, 0.29) is 11.6 Å². The molecule has 0 radical (unpaired) electrons. The van der Waals surface area contributed by atoms with Crippen molar-refractivity contribution in [2.24, 2.45) is 5.92 Å². The van der Waals surface area contributed by atoms with Gasteiger partial charge in [0, 0.05) is 31.3 Å². The number of hydrogen-bond acceptors (Lipinski definition) is 3. The molecule has 106 valence electrons. The van der Waals surface area contributed by atoms with Crippen molar-refractivity contribution in [3.05, 3.63) is 46.0 Å². The number of rotatable bonds is 3. The van der Waals surface area contributed by atoms with Gasteiger partial charge in [-0.2, -0.15) is 0 Å². The Morgan fingerprint density at radius 2 is 2.30 bits per heavy atom. The number of nitrogens with zero attached hydrogens (tertiary/aromatic N) is 2. The van der Waals surface area contributed by atoms with Crippen molar-refractivity contribution in [3.63, 3.8) is 0 Å². The Labute approximate surface area is 118 Å². The zero-order valence-corrected chi connectivity index (χ0v) is 11.5. The van der Waals surface area contributed by atoms with Crippen LogP contribution >= 0.6 is 0 Å². The summed E-state index contributed by atoms with van der Waals surface area (Å²) in [4.78, 5) is 24.1. The Morgan fingerprint density at radius 1 is 1.50 bits per heavy atom. The van der Waals surface area contributed by atoms with Crippen LogP contribution in [0.5, 0.6) is 0 Å². The number of carbonyl (C=O) groups is 1. The Morgan fingerprint density at radius 3 is 3.00 bits per heavy atom. The SMILES string of the molecule is CC1CCCN(C(=O)/C=C/c2cccc([N+](=O)[O-])c2)C1. The Kier molecular flexibility index (Phi) is 4.50. The van der Waals surface area contributed by atoms with Gasteiger partial charge in [0.1, 0.15) is 0 Å². The average molecular weight is 274 g/mol. The molecular formula is C15H18N2O3. The third-order valence-electron chi connectivity index (χ3n) is 3.47. The molecule has 1 saturated heterocycles. The van der Waals surface area contributed by atoms with Gasteiger partial charge in [0.15, 0.2) is 0 Å². The number of hydrogen-bond donors (Lipinski definition) is 0. The smallest absolute Gasteiger partial charge is 0.270 e. The maximum Gasteiger partial charge on any atom is 0.270 e. The van der Waals surface area contributed by atoms with E-state index in [2.05, 4.69) is 6.92 Å². The van der Waals surface area contributed by atoms with Crippen LogP contribution in [0.25, 0.3) is 6.08 Å². The van der Waals surface area contributed by atoms with E-state index >= 15 is 0 Å². The molecule has 0 aromatic heterocycles. The van der Waals surface area contributed by atoms with Crippen LogP contribution < -0.4 is 0 Å². The lowest BCUT2D eigenvalue weighted by Crippen LogP contribution is -2.38. The van der Waals surface area contributed by atoms with Gasteiger partial charge in [-0.3, -0.25) is 14.9 Å². The van der Waals surface area contributed by atoms with Gasteiger partial charge < -0.3 is 4.90 Å². The number of non-ortho nitro benzene ring substituents is 1. The number of amides is 1. The normalized spacial score (nSPS) is 19.2. The van der Waals surface area contributed by atoms with Crippen LogP contribution in [-0.4, -0.2) is 28.8 Å². The summed E-state index contributed by atoms with van der Waals surface area (Å²) in [6, 6.07) is 6.26. The van der Waals surface area contributed by atoms with Crippen LogP contribution in [0, 0.1) is 16.0 Å². The Bertz CT molecular complexity index is 540. The monoisotopic (exact) mass is 274 g/mol. The number of nitro groups is 1. The summed E-state index contributed by atoms with van der Waals surface area (Å²) in [6.45, 7) is 3.73. The minimum absolute atomic E-state index is 0.0249. The van der Waals surface area contributed by atoms with Crippen LogP contribution in [0.1, 0.15) is 25.3 Å². The van der Waals surface area contributed by atoms with Crippen LogP contribution in [0.15, 0.2) is 30.3 Å². The van der Waals surface area contributed by atoms with Gasteiger partial charge in [-0.15, -0.1) is 0 Å². The largest absolute Gasteiger partial charge is 0.339 e. The number of piperidine rings is 1. The molecule has 1 aromatic rings. The van der Waals surface area contributed by atoms with Crippen molar-refractivity contribution < 1.29 is 9.72 Å². The summed E-state index contributed by atoms with van der Waals surface area (Å²) in [5.41, 5.74) is 0.698. The Hall–Kier alpha value is -2.17. The fourth-order valence-corrected chi connectivity index (χ4v) is 2.40. The third-order valence-corrected chi connectivity index (χ3v) is 3.47. The molecule has 1 aliphatic rings. The van der Waals surface area contributed by atoms with Gasteiger partial charge in [-0.1, -0.05) is 19.1 Å². The predicted octanol–water partition coefficient (Wildman–Crippen LogP) is 2.87. The molecule has 1 aromatic carbocycles. The topological polar surface area (TPSA) is 63.5 Å². The van der Waals surface area contributed by atoms with E-state index in [0.29, 0.717) is 11.5 Å². The van der Waals surface area contributed by atoms with Crippen molar-refractivity contribution >= 4 is 17.7 Å². The highest BCUT2D eigenvalue weighted by atomic mass is 16.6. The first kappa shape index (κ1) is 14.2. The molecule has 1 atom stereocenters. The number of nitro benzene ring substituents is 1. The fraction of sp³-hybridized carbons (Fsp3) is 0.400. The van der Waals surface area contributed by atoms with Crippen LogP contribution in [-0.2, 0) is 4.79 Å². The lowest BCUT2D eigenvalue weighted by Gasteiger charge is -2.30. The van der Waals surface area contributed by atoms with Gasteiger partial charge >= 0.3 is 0 Å². The molecule has 5 heteroatoms. The van der Waals surface area contributed by atoms with E-state index < -0.39 is 4.92 Å². The van der Waals surface area contributed by atoms with Crippen molar-refractivity contribution in [3.8, 4) is 0 Å². The van der Waals surface area contributed by atoms with Crippen molar-refractivity contribution in [1.29, 1.82) is 0 Å².